The number of nitrogens with zero attached hydrogens (tertiary/aromatic N) is 2. The Morgan fingerprint density at radius 1 is 1.06 bits per heavy atom. The Labute approximate surface area is 182 Å². The zero-order valence-electron chi connectivity index (χ0n) is 18.0. The predicted octanol–water partition coefficient (Wildman–Crippen LogP) is 4.42. The number of carbonyl (C=O) groups is 2. The van der Waals surface area contributed by atoms with Gasteiger partial charge < -0.3 is 14.7 Å². The van der Waals surface area contributed by atoms with E-state index in [9.17, 15) is 14.7 Å². The minimum Gasteiger partial charge on any atom is -0.496 e. The molecule has 1 N–H and O–H groups in total. The van der Waals surface area contributed by atoms with Gasteiger partial charge in [0.15, 0.2) is 0 Å². The van der Waals surface area contributed by atoms with Crippen molar-refractivity contribution in [1.29, 1.82) is 0 Å². The van der Waals surface area contributed by atoms with Crippen LogP contribution < -0.4 is 4.74 Å². The lowest BCUT2D eigenvalue weighted by molar-refractivity contribution is -0.136. The number of pyridine rings is 1. The third-order valence-corrected chi connectivity index (χ3v) is 5.16. The number of rotatable bonds is 8. The van der Waals surface area contributed by atoms with E-state index in [2.05, 4.69) is 4.98 Å². The summed E-state index contributed by atoms with van der Waals surface area (Å²) in [5.41, 5.74) is 5.09. The maximum atomic E-state index is 12.1. The Balaban J connectivity index is 2.16. The second kappa shape index (κ2) is 9.89. The number of hydrogen-bond acceptors (Lipinski definition) is 4. The molecule has 3 aromatic rings. The average Bonchev–Trinajstić information content (AvgIpc) is 2.77. The lowest BCUT2D eigenvalue weighted by Crippen LogP contribution is -2.28. The summed E-state index contributed by atoms with van der Waals surface area (Å²) >= 11 is 0. The fourth-order valence-electron chi connectivity index (χ4n) is 3.58. The molecule has 0 bridgehead atoms. The van der Waals surface area contributed by atoms with Crippen molar-refractivity contribution in [3.63, 3.8) is 0 Å². The molecule has 0 saturated carbocycles. The van der Waals surface area contributed by atoms with Crippen LogP contribution in [0.1, 0.15) is 25.0 Å². The van der Waals surface area contributed by atoms with Gasteiger partial charge in [0, 0.05) is 37.3 Å². The molecule has 0 aliphatic heterocycles. The summed E-state index contributed by atoms with van der Waals surface area (Å²) in [5.74, 6) is -0.259. The van der Waals surface area contributed by atoms with Crippen molar-refractivity contribution >= 4 is 11.9 Å². The van der Waals surface area contributed by atoms with Crippen LogP contribution in [0.25, 0.3) is 22.4 Å². The second-order valence-corrected chi connectivity index (χ2v) is 7.23. The SMILES string of the molecule is CCN(Cc1cc(-c2ccccn2)ccc1-c1cc(CC(=O)O)ccc1OC)C(C)=O. The van der Waals surface area contributed by atoms with Crippen molar-refractivity contribution in [2.75, 3.05) is 13.7 Å². The molecule has 160 valence electrons. The number of carboxylic acids is 1. The molecule has 1 aromatic heterocycles. The lowest BCUT2D eigenvalue weighted by Gasteiger charge is -2.22. The number of carboxylic acid groups (broad SMARTS) is 1. The average molecular weight is 418 g/mol. The molecule has 0 spiro atoms. The van der Waals surface area contributed by atoms with Crippen LogP contribution in [0.4, 0.5) is 0 Å². The number of benzene rings is 2. The van der Waals surface area contributed by atoms with E-state index in [0.717, 1.165) is 27.9 Å². The molecule has 0 saturated heterocycles. The van der Waals surface area contributed by atoms with Gasteiger partial charge in [0.25, 0.3) is 0 Å². The number of hydrogen-bond donors (Lipinski definition) is 1. The molecule has 31 heavy (non-hydrogen) atoms. The number of aromatic nitrogens is 1. The molecule has 1 amide bonds. The normalized spacial score (nSPS) is 10.5. The van der Waals surface area contributed by atoms with Crippen molar-refractivity contribution in [3.8, 4) is 28.1 Å². The Bertz CT molecular complexity index is 1080. The zero-order chi connectivity index (χ0) is 22.4. The molecular weight excluding hydrogens is 392 g/mol. The number of methoxy groups -OCH3 is 1. The molecule has 6 heteroatoms. The molecule has 0 aliphatic carbocycles. The van der Waals surface area contributed by atoms with Crippen molar-refractivity contribution in [1.82, 2.24) is 9.88 Å². The first-order valence-corrected chi connectivity index (χ1v) is 10.1. The quantitative estimate of drug-likeness (QED) is 0.586. The number of aliphatic carboxylic acids is 1. The van der Waals surface area contributed by atoms with E-state index in [1.165, 1.54) is 0 Å². The molecule has 0 radical (unpaired) electrons. The maximum absolute atomic E-state index is 12.1. The molecule has 0 unspecified atom stereocenters. The Hall–Kier alpha value is -3.67. The van der Waals surface area contributed by atoms with E-state index < -0.39 is 5.97 Å². The minimum absolute atomic E-state index is 0.0108. The van der Waals surface area contributed by atoms with Gasteiger partial charge in [-0.25, -0.2) is 0 Å². The third-order valence-electron chi connectivity index (χ3n) is 5.16. The summed E-state index contributed by atoms with van der Waals surface area (Å²) in [7, 11) is 1.59. The first-order chi connectivity index (χ1) is 14.9. The fraction of sp³-hybridized carbons (Fsp3) is 0.240. The molecular formula is C25H26N2O4. The van der Waals surface area contributed by atoms with Crippen molar-refractivity contribution < 1.29 is 19.4 Å². The summed E-state index contributed by atoms with van der Waals surface area (Å²) in [5, 5.41) is 9.20. The molecule has 2 aromatic carbocycles. The summed E-state index contributed by atoms with van der Waals surface area (Å²) in [6.07, 6.45) is 1.67. The largest absolute Gasteiger partial charge is 0.496 e. The van der Waals surface area contributed by atoms with Gasteiger partial charge >= 0.3 is 5.97 Å². The highest BCUT2D eigenvalue weighted by Gasteiger charge is 2.17. The second-order valence-electron chi connectivity index (χ2n) is 7.23. The van der Waals surface area contributed by atoms with Gasteiger partial charge in [0.2, 0.25) is 5.91 Å². The predicted molar refractivity (Wildman–Crippen MR) is 120 cm³/mol. The van der Waals surface area contributed by atoms with Crippen LogP contribution in [0.15, 0.2) is 60.8 Å². The number of ether oxygens (including phenoxy) is 1. The Morgan fingerprint density at radius 2 is 1.87 bits per heavy atom. The molecule has 3 rings (SSSR count). The van der Waals surface area contributed by atoms with Gasteiger partial charge in [0.1, 0.15) is 5.75 Å². The summed E-state index contributed by atoms with van der Waals surface area (Å²) in [6, 6.07) is 17.1. The molecule has 1 heterocycles. The van der Waals surface area contributed by atoms with Gasteiger partial charge in [-0.2, -0.15) is 0 Å². The summed E-state index contributed by atoms with van der Waals surface area (Å²) < 4.78 is 5.57. The lowest BCUT2D eigenvalue weighted by atomic mass is 9.93. The van der Waals surface area contributed by atoms with Crippen molar-refractivity contribution in [2.45, 2.75) is 26.8 Å². The zero-order valence-corrected chi connectivity index (χ0v) is 18.0. The number of amides is 1. The first-order valence-electron chi connectivity index (χ1n) is 10.1. The van der Waals surface area contributed by atoms with Gasteiger partial charge in [-0.05, 0) is 53.9 Å². The minimum atomic E-state index is -0.893. The van der Waals surface area contributed by atoms with Gasteiger partial charge in [-0.15, -0.1) is 0 Å². The van der Waals surface area contributed by atoms with Crippen LogP contribution in [-0.4, -0.2) is 40.5 Å². The van der Waals surface area contributed by atoms with Crippen LogP contribution in [0, 0.1) is 0 Å². The van der Waals surface area contributed by atoms with Crippen LogP contribution in [0.5, 0.6) is 5.75 Å². The molecule has 0 fully saturated rings. The van der Waals surface area contributed by atoms with Crippen LogP contribution in [-0.2, 0) is 22.6 Å². The van der Waals surface area contributed by atoms with Crippen molar-refractivity contribution in [3.05, 3.63) is 71.9 Å². The van der Waals surface area contributed by atoms with Crippen LogP contribution in [0.3, 0.4) is 0 Å². The maximum Gasteiger partial charge on any atom is 0.307 e. The van der Waals surface area contributed by atoms with E-state index in [1.807, 2.05) is 49.4 Å². The highest BCUT2D eigenvalue weighted by molar-refractivity contribution is 5.80. The summed E-state index contributed by atoms with van der Waals surface area (Å²) in [6.45, 7) is 4.50. The third kappa shape index (κ3) is 5.28. The van der Waals surface area contributed by atoms with Gasteiger partial charge in [0.05, 0.1) is 19.2 Å². The fourth-order valence-corrected chi connectivity index (χ4v) is 3.58. The van der Waals surface area contributed by atoms with Crippen LogP contribution >= 0.6 is 0 Å². The highest BCUT2D eigenvalue weighted by atomic mass is 16.5. The Morgan fingerprint density at radius 3 is 2.48 bits per heavy atom. The topological polar surface area (TPSA) is 79.7 Å². The van der Waals surface area contributed by atoms with E-state index in [1.54, 1.807) is 37.3 Å². The van der Waals surface area contributed by atoms with Gasteiger partial charge in [-0.3, -0.25) is 14.6 Å². The monoisotopic (exact) mass is 418 g/mol. The number of carbonyl (C=O) groups excluding carboxylic acids is 1. The van der Waals surface area contributed by atoms with E-state index in [4.69, 9.17) is 4.74 Å². The van der Waals surface area contributed by atoms with E-state index >= 15 is 0 Å². The summed E-state index contributed by atoms with van der Waals surface area (Å²) in [4.78, 5) is 29.5. The smallest absolute Gasteiger partial charge is 0.307 e. The van der Waals surface area contributed by atoms with Gasteiger partial charge in [-0.1, -0.05) is 24.3 Å². The molecule has 0 atom stereocenters. The highest BCUT2D eigenvalue weighted by Crippen LogP contribution is 2.36. The van der Waals surface area contributed by atoms with E-state index in [0.29, 0.717) is 24.4 Å². The van der Waals surface area contributed by atoms with E-state index in [-0.39, 0.29) is 12.3 Å². The first kappa shape index (κ1) is 22.0. The Kier molecular flexibility index (Phi) is 7.03. The van der Waals surface area contributed by atoms with Crippen molar-refractivity contribution in [2.24, 2.45) is 0 Å². The molecule has 6 nitrogen and oxygen atoms in total. The standard InChI is InChI=1S/C25H26N2O4/c1-4-27(17(2)28)16-20-15-19(23-7-5-6-12-26-23)9-10-21(20)22-13-18(14-25(29)30)8-11-24(22)31-3/h5-13,15H,4,14,16H2,1-3H3,(H,29,30). The molecule has 0 aliphatic rings. The van der Waals surface area contributed by atoms with Crippen LogP contribution in [0.2, 0.25) is 0 Å².